The van der Waals surface area contributed by atoms with Gasteiger partial charge < -0.3 is 14.8 Å². The number of thiazole rings is 1. The number of nitrogens with zero attached hydrogens (tertiary/aromatic N) is 1. The largest absolute Gasteiger partial charge is 0.490 e. The number of ether oxygens (including phenoxy) is 2. The lowest BCUT2D eigenvalue weighted by molar-refractivity contribution is 0.102. The van der Waals surface area contributed by atoms with Crippen LogP contribution in [0.2, 0.25) is 5.02 Å². The summed E-state index contributed by atoms with van der Waals surface area (Å²) in [6.07, 6.45) is 0.801. The number of fused-ring (bicyclic) bond motifs is 1. The molecule has 0 spiro atoms. The zero-order chi connectivity index (χ0) is 17.9. The van der Waals surface area contributed by atoms with Gasteiger partial charge in [0.05, 0.1) is 23.9 Å². The van der Waals surface area contributed by atoms with Gasteiger partial charge in [-0.15, -0.1) is 11.3 Å². The molecule has 7 heteroatoms. The summed E-state index contributed by atoms with van der Waals surface area (Å²) >= 11 is 7.70. The number of carbonyl (C=O) groups excluding carboxylic acids is 1. The molecule has 2 aromatic carbocycles. The topological polar surface area (TPSA) is 60.5 Å². The second-order valence-electron chi connectivity index (χ2n) is 5.69. The highest BCUT2D eigenvalue weighted by Gasteiger charge is 2.17. The summed E-state index contributed by atoms with van der Waals surface area (Å²) in [6, 6.07) is 13.1. The highest BCUT2D eigenvalue weighted by atomic mass is 35.5. The first-order valence-electron chi connectivity index (χ1n) is 8.12. The molecule has 2 heterocycles. The molecule has 0 atom stereocenters. The minimum atomic E-state index is -0.320. The molecule has 1 aliphatic rings. The van der Waals surface area contributed by atoms with Crippen LogP contribution in [-0.4, -0.2) is 24.1 Å². The van der Waals surface area contributed by atoms with E-state index in [1.54, 1.807) is 17.5 Å². The fraction of sp³-hybridized carbons (Fsp3) is 0.158. The zero-order valence-corrected chi connectivity index (χ0v) is 15.3. The fourth-order valence-corrected chi connectivity index (χ4v) is 3.56. The van der Waals surface area contributed by atoms with E-state index in [9.17, 15) is 4.79 Å². The Hall–Kier alpha value is -2.57. The molecule has 4 rings (SSSR count). The summed E-state index contributed by atoms with van der Waals surface area (Å²) in [5.41, 5.74) is 1.79. The summed E-state index contributed by atoms with van der Waals surface area (Å²) in [5.74, 6) is 0.843. The molecule has 0 saturated carbocycles. The number of rotatable bonds is 3. The molecule has 0 saturated heterocycles. The van der Waals surface area contributed by atoms with Gasteiger partial charge >= 0.3 is 0 Å². The smallest absolute Gasteiger partial charge is 0.275 e. The van der Waals surface area contributed by atoms with E-state index in [0.29, 0.717) is 41.1 Å². The van der Waals surface area contributed by atoms with Gasteiger partial charge in [-0.2, -0.15) is 0 Å². The molecule has 0 unspecified atom stereocenters. The predicted molar refractivity (Wildman–Crippen MR) is 103 cm³/mol. The van der Waals surface area contributed by atoms with Crippen LogP contribution in [0.1, 0.15) is 16.9 Å². The molecular weight excluding hydrogens is 372 g/mol. The Morgan fingerprint density at radius 2 is 1.85 bits per heavy atom. The Balaban J connectivity index is 1.55. The van der Waals surface area contributed by atoms with E-state index in [1.807, 2.05) is 30.3 Å². The van der Waals surface area contributed by atoms with Crippen LogP contribution in [0.5, 0.6) is 11.5 Å². The molecular formula is C19H15ClN2O3S. The maximum atomic E-state index is 12.5. The van der Waals surface area contributed by atoms with Crippen LogP contribution in [0.4, 0.5) is 5.69 Å². The lowest BCUT2D eigenvalue weighted by Crippen LogP contribution is -2.13. The van der Waals surface area contributed by atoms with Crippen LogP contribution in [0, 0.1) is 0 Å². The first-order chi connectivity index (χ1) is 12.7. The number of amides is 1. The molecule has 1 aromatic heterocycles. The molecule has 1 N–H and O–H groups in total. The molecule has 132 valence electrons. The van der Waals surface area contributed by atoms with Gasteiger partial charge in [0.25, 0.3) is 5.91 Å². The van der Waals surface area contributed by atoms with Crippen molar-refractivity contribution in [2.45, 2.75) is 6.42 Å². The van der Waals surface area contributed by atoms with Crippen LogP contribution in [-0.2, 0) is 0 Å². The number of carbonyl (C=O) groups is 1. The highest BCUT2D eigenvalue weighted by Crippen LogP contribution is 2.38. The van der Waals surface area contributed by atoms with Crippen molar-refractivity contribution in [2.24, 2.45) is 0 Å². The summed E-state index contributed by atoms with van der Waals surface area (Å²) in [6.45, 7) is 1.14. The standard InChI is InChI=1S/C19H15ClN2O3S/c20-13-9-16-17(25-8-4-7-24-16)10-14(13)21-18(23)15-11-26-19(22-15)12-5-2-1-3-6-12/h1-3,5-6,9-11H,4,7-8H2,(H,21,23). The van der Waals surface area contributed by atoms with E-state index in [2.05, 4.69) is 10.3 Å². The van der Waals surface area contributed by atoms with E-state index >= 15 is 0 Å². The first-order valence-corrected chi connectivity index (χ1v) is 9.38. The molecule has 3 aromatic rings. The SMILES string of the molecule is O=C(Nc1cc2c(cc1Cl)OCCCO2)c1csc(-c2ccccc2)n1. The van der Waals surface area contributed by atoms with Crippen LogP contribution >= 0.6 is 22.9 Å². The number of aromatic nitrogens is 1. The van der Waals surface area contributed by atoms with E-state index in [1.165, 1.54) is 11.3 Å². The van der Waals surface area contributed by atoms with Crippen LogP contribution < -0.4 is 14.8 Å². The average molecular weight is 387 g/mol. The quantitative estimate of drug-likeness (QED) is 0.697. The number of anilines is 1. The number of hydrogen-bond acceptors (Lipinski definition) is 5. The number of benzene rings is 2. The molecule has 26 heavy (non-hydrogen) atoms. The van der Waals surface area contributed by atoms with Crippen molar-refractivity contribution in [1.82, 2.24) is 4.98 Å². The van der Waals surface area contributed by atoms with Crippen LogP contribution in [0.25, 0.3) is 10.6 Å². The third-order valence-corrected chi connectivity index (χ3v) is 5.05. The number of hydrogen-bond donors (Lipinski definition) is 1. The van der Waals surface area contributed by atoms with Gasteiger partial charge in [0, 0.05) is 29.5 Å². The van der Waals surface area contributed by atoms with E-state index in [0.717, 1.165) is 17.0 Å². The Labute approximate surface area is 159 Å². The van der Waals surface area contributed by atoms with Gasteiger partial charge in [-0.05, 0) is 0 Å². The molecule has 0 radical (unpaired) electrons. The Morgan fingerprint density at radius 3 is 2.62 bits per heavy atom. The van der Waals surface area contributed by atoms with Crippen molar-refractivity contribution in [3.63, 3.8) is 0 Å². The van der Waals surface area contributed by atoms with Crippen molar-refractivity contribution in [1.29, 1.82) is 0 Å². The van der Waals surface area contributed by atoms with Crippen LogP contribution in [0.15, 0.2) is 47.8 Å². The fourth-order valence-electron chi connectivity index (χ4n) is 2.56. The number of halogens is 1. The van der Waals surface area contributed by atoms with Gasteiger partial charge in [-0.3, -0.25) is 4.79 Å². The van der Waals surface area contributed by atoms with E-state index < -0.39 is 0 Å². The summed E-state index contributed by atoms with van der Waals surface area (Å²) < 4.78 is 11.2. The van der Waals surface area contributed by atoms with Gasteiger partial charge in [0.1, 0.15) is 10.7 Å². The highest BCUT2D eigenvalue weighted by molar-refractivity contribution is 7.13. The summed E-state index contributed by atoms with van der Waals surface area (Å²) in [4.78, 5) is 17.0. The number of nitrogens with one attached hydrogen (secondary N) is 1. The van der Waals surface area contributed by atoms with Crippen molar-refractivity contribution < 1.29 is 14.3 Å². The van der Waals surface area contributed by atoms with E-state index in [4.69, 9.17) is 21.1 Å². The van der Waals surface area contributed by atoms with Gasteiger partial charge in [0.2, 0.25) is 0 Å². The Kier molecular flexibility index (Phi) is 4.77. The second-order valence-corrected chi connectivity index (χ2v) is 6.95. The van der Waals surface area contributed by atoms with E-state index in [-0.39, 0.29) is 5.91 Å². The maximum absolute atomic E-state index is 12.5. The zero-order valence-electron chi connectivity index (χ0n) is 13.7. The summed E-state index contributed by atoms with van der Waals surface area (Å²) in [7, 11) is 0. The monoisotopic (exact) mass is 386 g/mol. The lowest BCUT2D eigenvalue weighted by atomic mass is 10.2. The second kappa shape index (κ2) is 7.35. The van der Waals surface area contributed by atoms with Crippen LogP contribution in [0.3, 0.4) is 0 Å². The van der Waals surface area contributed by atoms with Crippen molar-refractivity contribution in [3.05, 3.63) is 58.6 Å². The maximum Gasteiger partial charge on any atom is 0.275 e. The molecule has 1 aliphatic heterocycles. The average Bonchev–Trinajstić information content (AvgIpc) is 3.05. The van der Waals surface area contributed by atoms with Gasteiger partial charge in [-0.1, -0.05) is 41.9 Å². The Morgan fingerprint density at radius 1 is 1.12 bits per heavy atom. The molecule has 1 amide bonds. The molecule has 0 aliphatic carbocycles. The summed E-state index contributed by atoms with van der Waals surface area (Å²) in [5, 5.41) is 5.71. The molecule has 0 fully saturated rings. The van der Waals surface area contributed by atoms with Crippen molar-refractivity contribution in [3.8, 4) is 22.1 Å². The normalized spacial score (nSPS) is 13.1. The molecule has 5 nitrogen and oxygen atoms in total. The van der Waals surface area contributed by atoms with Gasteiger partial charge in [-0.25, -0.2) is 4.98 Å². The third kappa shape index (κ3) is 3.52. The minimum absolute atomic E-state index is 0.320. The third-order valence-electron chi connectivity index (χ3n) is 3.84. The lowest BCUT2D eigenvalue weighted by Gasteiger charge is -2.12. The van der Waals surface area contributed by atoms with Crippen molar-refractivity contribution >= 4 is 34.5 Å². The minimum Gasteiger partial charge on any atom is -0.490 e. The first kappa shape index (κ1) is 16.9. The molecule has 0 bridgehead atoms. The van der Waals surface area contributed by atoms with Gasteiger partial charge in [0.15, 0.2) is 11.5 Å². The van der Waals surface area contributed by atoms with Crippen molar-refractivity contribution in [2.75, 3.05) is 18.5 Å². The predicted octanol–water partition coefficient (Wildman–Crippen LogP) is 4.88. The Bertz CT molecular complexity index is 943.